The van der Waals surface area contributed by atoms with Crippen LogP contribution in [0.1, 0.15) is 40.1 Å². The van der Waals surface area contributed by atoms with E-state index in [4.69, 9.17) is 23.2 Å². The van der Waals surface area contributed by atoms with Gasteiger partial charge in [0.05, 0.1) is 22.3 Å². The second-order valence-corrected chi connectivity index (χ2v) is 8.29. The number of hydrogen-bond acceptors (Lipinski definition) is 3. The lowest BCUT2D eigenvalue weighted by molar-refractivity contribution is -0.173. The average molecular weight is 523 g/mol. The lowest BCUT2D eigenvalue weighted by atomic mass is 9.97. The van der Waals surface area contributed by atoms with Crippen LogP contribution < -0.4 is 10.6 Å². The third-order valence-corrected chi connectivity index (χ3v) is 5.94. The Hall–Kier alpha value is -2.92. The molecule has 3 aromatic rings. The topological polar surface area (TPSA) is 59.0 Å². The number of nitrogens with one attached hydrogen (secondary N) is 2. The number of anilines is 2. The maximum atomic E-state index is 13.9. The second kappa shape index (κ2) is 8.70. The van der Waals surface area contributed by atoms with Gasteiger partial charge in [-0.3, -0.25) is 4.79 Å². The summed E-state index contributed by atoms with van der Waals surface area (Å²) in [5, 5.41) is 8.15. The van der Waals surface area contributed by atoms with E-state index < -0.39 is 58.7 Å². The first-order chi connectivity index (χ1) is 15.9. The molecular weight excluding hydrogens is 509 g/mol. The summed E-state index contributed by atoms with van der Waals surface area (Å²) in [6, 6.07) is 7.75. The molecule has 0 saturated carbocycles. The van der Waals surface area contributed by atoms with Crippen LogP contribution in [0.3, 0.4) is 0 Å². The molecule has 0 radical (unpaired) electrons. The second-order valence-electron chi connectivity index (χ2n) is 7.50. The molecule has 34 heavy (non-hydrogen) atoms. The van der Waals surface area contributed by atoms with E-state index in [2.05, 4.69) is 15.7 Å². The van der Waals surface area contributed by atoms with Gasteiger partial charge in [-0.1, -0.05) is 53.5 Å². The molecular formula is C21H14Cl2F6N4O. The lowest BCUT2D eigenvalue weighted by Crippen LogP contribution is -2.35. The summed E-state index contributed by atoms with van der Waals surface area (Å²) >= 11 is 12.1. The van der Waals surface area contributed by atoms with Crippen molar-refractivity contribution < 1.29 is 31.1 Å². The quantitative estimate of drug-likeness (QED) is 0.360. The van der Waals surface area contributed by atoms with Crippen molar-refractivity contribution in [3.05, 3.63) is 75.4 Å². The summed E-state index contributed by atoms with van der Waals surface area (Å²) < 4.78 is 81.1. The van der Waals surface area contributed by atoms with Crippen LogP contribution in [0, 0.1) is 0 Å². The maximum Gasteiger partial charge on any atom is 0.416 e. The molecule has 2 N–H and O–H groups in total. The van der Waals surface area contributed by atoms with Crippen LogP contribution in [0.4, 0.5) is 37.8 Å². The van der Waals surface area contributed by atoms with Gasteiger partial charge in [0.1, 0.15) is 10.8 Å². The highest BCUT2D eigenvalue weighted by molar-refractivity contribution is 6.37. The van der Waals surface area contributed by atoms with Gasteiger partial charge in [-0.05, 0) is 23.8 Å². The zero-order chi connectivity index (χ0) is 24.8. The summed E-state index contributed by atoms with van der Waals surface area (Å²) in [5.74, 6) is -1.35. The number of carbonyl (C=O) groups excluding carboxylic acids is 1. The Bertz CT molecular complexity index is 1230. The minimum atomic E-state index is -4.71. The summed E-state index contributed by atoms with van der Waals surface area (Å²) in [4.78, 5) is 12.8. The SMILES string of the molecule is O=C(Nc1cc(C(F)(F)F)ccc1Cl)c1nn2c(c1Cl)N[C@@H](c1ccccc1)C[C@@H]2C(F)(F)F. The van der Waals surface area contributed by atoms with E-state index in [1.807, 2.05) is 0 Å². The van der Waals surface area contributed by atoms with E-state index in [1.54, 1.807) is 30.3 Å². The maximum absolute atomic E-state index is 13.9. The number of hydrogen-bond donors (Lipinski definition) is 2. The molecule has 0 spiro atoms. The van der Waals surface area contributed by atoms with Gasteiger partial charge in [0.25, 0.3) is 5.91 Å². The Kier molecular flexibility index (Phi) is 6.19. The van der Waals surface area contributed by atoms with Crippen LogP contribution in [-0.2, 0) is 6.18 Å². The number of fused-ring (bicyclic) bond motifs is 1. The Morgan fingerprint density at radius 1 is 1.06 bits per heavy atom. The number of halogens is 8. The van der Waals surface area contributed by atoms with Crippen molar-refractivity contribution in [3.63, 3.8) is 0 Å². The molecule has 0 aliphatic carbocycles. The number of aromatic nitrogens is 2. The fraction of sp³-hybridized carbons (Fsp3) is 0.238. The molecule has 180 valence electrons. The summed E-state index contributed by atoms with van der Waals surface area (Å²) in [6.07, 6.45) is -9.83. The minimum Gasteiger partial charge on any atom is -0.362 e. The van der Waals surface area contributed by atoms with Gasteiger partial charge in [-0.25, -0.2) is 4.68 Å². The van der Waals surface area contributed by atoms with Crippen LogP contribution >= 0.6 is 23.2 Å². The van der Waals surface area contributed by atoms with Gasteiger partial charge in [-0.2, -0.15) is 31.4 Å². The number of alkyl halides is 6. The largest absolute Gasteiger partial charge is 0.416 e. The third kappa shape index (κ3) is 4.67. The van der Waals surface area contributed by atoms with Crippen molar-refractivity contribution in [1.82, 2.24) is 9.78 Å². The van der Waals surface area contributed by atoms with E-state index in [0.717, 1.165) is 12.1 Å². The van der Waals surface area contributed by atoms with Crippen LogP contribution in [0.25, 0.3) is 0 Å². The van der Waals surface area contributed by atoms with Gasteiger partial charge in [-0.15, -0.1) is 0 Å². The number of nitrogens with zero attached hydrogens (tertiary/aromatic N) is 2. The molecule has 4 rings (SSSR count). The fourth-order valence-electron chi connectivity index (χ4n) is 3.62. The van der Waals surface area contributed by atoms with Gasteiger partial charge in [0.2, 0.25) is 0 Å². The highest BCUT2D eigenvalue weighted by atomic mass is 35.5. The first kappa shape index (κ1) is 24.2. The predicted octanol–water partition coefficient (Wildman–Crippen LogP) is 7.12. The number of benzene rings is 2. The number of carbonyl (C=O) groups is 1. The normalized spacial score (nSPS) is 18.2. The molecule has 1 amide bonds. The Balaban J connectivity index is 1.70. The van der Waals surface area contributed by atoms with Crippen molar-refractivity contribution in [2.75, 3.05) is 10.6 Å². The first-order valence-electron chi connectivity index (χ1n) is 9.70. The monoisotopic (exact) mass is 522 g/mol. The smallest absolute Gasteiger partial charge is 0.362 e. The predicted molar refractivity (Wildman–Crippen MR) is 114 cm³/mol. The van der Waals surface area contributed by atoms with E-state index >= 15 is 0 Å². The lowest BCUT2D eigenvalue weighted by Gasteiger charge is -2.33. The van der Waals surface area contributed by atoms with Gasteiger partial charge >= 0.3 is 12.4 Å². The Labute approximate surface area is 198 Å². The number of rotatable bonds is 3. The van der Waals surface area contributed by atoms with Crippen LogP contribution in [0.2, 0.25) is 10.0 Å². The molecule has 2 heterocycles. The van der Waals surface area contributed by atoms with E-state index in [9.17, 15) is 31.1 Å². The Morgan fingerprint density at radius 3 is 2.35 bits per heavy atom. The van der Waals surface area contributed by atoms with Gasteiger partial charge in [0, 0.05) is 6.42 Å². The Morgan fingerprint density at radius 2 is 1.74 bits per heavy atom. The fourth-order valence-corrected chi connectivity index (χ4v) is 4.05. The molecule has 13 heteroatoms. The van der Waals surface area contributed by atoms with Crippen molar-refractivity contribution in [2.45, 2.75) is 30.9 Å². The molecule has 5 nitrogen and oxygen atoms in total. The van der Waals surface area contributed by atoms with Gasteiger partial charge < -0.3 is 10.6 Å². The van der Waals surface area contributed by atoms with Crippen LogP contribution in [-0.4, -0.2) is 21.9 Å². The average Bonchev–Trinajstić information content (AvgIpc) is 3.10. The van der Waals surface area contributed by atoms with Crippen LogP contribution in [0.5, 0.6) is 0 Å². The van der Waals surface area contributed by atoms with Crippen molar-refractivity contribution >= 4 is 40.6 Å². The zero-order valence-electron chi connectivity index (χ0n) is 16.8. The molecule has 0 bridgehead atoms. The molecule has 1 aromatic heterocycles. The number of amides is 1. The summed E-state index contributed by atoms with van der Waals surface area (Å²) in [5.41, 5.74) is -1.50. The first-order valence-corrected chi connectivity index (χ1v) is 10.5. The molecule has 0 fully saturated rings. The van der Waals surface area contributed by atoms with Crippen molar-refractivity contribution in [2.24, 2.45) is 0 Å². The minimum absolute atomic E-state index is 0.211. The summed E-state index contributed by atoms with van der Waals surface area (Å²) in [6.45, 7) is 0. The van der Waals surface area contributed by atoms with E-state index in [-0.39, 0.29) is 10.8 Å². The molecule has 0 unspecified atom stereocenters. The highest BCUT2D eigenvalue weighted by Crippen LogP contribution is 2.46. The third-order valence-electron chi connectivity index (χ3n) is 5.25. The summed E-state index contributed by atoms with van der Waals surface area (Å²) in [7, 11) is 0. The standard InChI is InChI=1S/C21H14Cl2F6N4O/c22-12-7-6-11(20(24,25)26)8-14(12)31-19(34)17-16(23)18-30-13(10-4-2-1-3-5-10)9-15(21(27,28)29)33(18)32-17/h1-8,13,15,30H,9H2,(H,31,34)/t13-,15-/m1/s1. The molecule has 2 aromatic carbocycles. The molecule has 0 saturated heterocycles. The highest BCUT2D eigenvalue weighted by Gasteiger charge is 2.48. The van der Waals surface area contributed by atoms with Crippen molar-refractivity contribution in [1.29, 1.82) is 0 Å². The molecule has 2 atom stereocenters. The van der Waals surface area contributed by atoms with Crippen molar-refractivity contribution in [3.8, 4) is 0 Å². The van der Waals surface area contributed by atoms with E-state index in [1.165, 1.54) is 0 Å². The van der Waals surface area contributed by atoms with Crippen LogP contribution in [0.15, 0.2) is 48.5 Å². The van der Waals surface area contributed by atoms with Gasteiger partial charge in [0.15, 0.2) is 11.7 Å². The van der Waals surface area contributed by atoms with E-state index in [0.29, 0.717) is 16.3 Å². The molecule has 1 aliphatic rings. The molecule has 1 aliphatic heterocycles. The zero-order valence-corrected chi connectivity index (χ0v) is 18.3.